The van der Waals surface area contributed by atoms with Crippen molar-refractivity contribution in [2.45, 2.75) is 26.1 Å². The molecule has 0 bridgehead atoms. The number of alkyl halides is 3. The third kappa shape index (κ3) is 5.45. The Labute approximate surface area is 172 Å². The summed E-state index contributed by atoms with van der Waals surface area (Å²) in [5, 5.41) is 2.18. The van der Waals surface area contributed by atoms with Crippen LogP contribution in [-0.2, 0) is 23.9 Å². The number of nitrogens with one attached hydrogen (secondary N) is 1. The fraction of sp³-hybridized carbons (Fsp3) is 0.211. The first-order valence-corrected chi connectivity index (χ1v) is 9.58. The first-order chi connectivity index (χ1) is 13.6. The zero-order valence-electron chi connectivity index (χ0n) is 15.1. The van der Waals surface area contributed by atoms with E-state index < -0.39 is 34.8 Å². The van der Waals surface area contributed by atoms with Gasteiger partial charge in [0.25, 0.3) is 5.56 Å². The first kappa shape index (κ1) is 21.1. The lowest BCUT2D eigenvalue weighted by molar-refractivity contribution is -0.138. The summed E-state index contributed by atoms with van der Waals surface area (Å²) in [5.41, 5.74) is 0.247. The third-order valence-corrected chi connectivity index (χ3v) is 5.17. The van der Waals surface area contributed by atoms with E-state index in [1.165, 1.54) is 11.3 Å². The fourth-order valence-electron chi connectivity index (χ4n) is 2.54. The normalized spacial score (nSPS) is 11.5. The van der Waals surface area contributed by atoms with E-state index in [9.17, 15) is 22.8 Å². The second-order valence-electron chi connectivity index (χ2n) is 6.35. The van der Waals surface area contributed by atoms with Gasteiger partial charge in [0.1, 0.15) is 11.6 Å². The van der Waals surface area contributed by atoms with E-state index in [2.05, 4.69) is 10.3 Å². The zero-order chi connectivity index (χ0) is 21.2. The SMILES string of the molecule is Cc1ccc(Cc2cnc(NC(=O)Cn3cc(C(F)(F)F)cc(Cl)c3=O)s2)cc1. The van der Waals surface area contributed by atoms with Gasteiger partial charge in [-0.1, -0.05) is 41.4 Å². The van der Waals surface area contributed by atoms with Gasteiger partial charge in [0.15, 0.2) is 5.13 Å². The number of halogens is 4. The van der Waals surface area contributed by atoms with Gasteiger partial charge in [0.2, 0.25) is 5.91 Å². The standard InChI is InChI=1S/C19H15ClF3N3O2S/c1-11-2-4-12(5-3-11)6-14-8-24-18(29-14)25-16(27)10-26-9-13(19(21,22)23)7-15(20)17(26)28/h2-5,7-9H,6,10H2,1H3,(H,24,25,27). The fourth-order valence-corrected chi connectivity index (χ4v) is 3.63. The lowest BCUT2D eigenvalue weighted by Gasteiger charge is -2.11. The number of thiazole rings is 1. The summed E-state index contributed by atoms with van der Waals surface area (Å²) in [5.74, 6) is -0.682. The molecule has 0 saturated carbocycles. The monoisotopic (exact) mass is 441 g/mol. The topological polar surface area (TPSA) is 64.0 Å². The van der Waals surface area contributed by atoms with Crippen molar-refractivity contribution in [3.05, 3.63) is 79.7 Å². The number of carbonyl (C=O) groups excluding carboxylic acids is 1. The molecule has 152 valence electrons. The first-order valence-electron chi connectivity index (χ1n) is 8.39. The van der Waals surface area contributed by atoms with Crippen LogP contribution in [-0.4, -0.2) is 15.5 Å². The summed E-state index contributed by atoms with van der Waals surface area (Å²) in [4.78, 5) is 29.1. The van der Waals surface area contributed by atoms with Crippen molar-refractivity contribution in [1.29, 1.82) is 0 Å². The molecule has 1 aromatic carbocycles. The largest absolute Gasteiger partial charge is 0.417 e. The molecule has 0 atom stereocenters. The molecule has 2 aromatic heterocycles. The van der Waals surface area contributed by atoms with Gasteiger partial charge >= 0.3 is 6.18 Å². The molecule has 2 heterocycles. The summed E-state index contributed by atoms with van der Waals surface area (Å²) >= 11 is 6.83. The summed E-state index contributed by atoms with van der Waals surface area (Å²) in [7, 11) is 0. The maximum atomic E-state index is 12.9. The van der Waals surface area contributed by atoms with Gasteiger partial charge in [0.05, 0.1) is 5.56 Å². The molecule has 29 heavy (non-hydrogen) atoms. The summed E-state index contributed by atoms with van der Waals surface area (Å²) in [6.07, 6.45) is -1.86. The van der Waals surface area contributed by atoms with Gasteiger partial charge in [-0.05, 0) is 18.6 Å². The molecule has 0 radical (unpaired) electrons. The van der Waals surface area contributed by atoms with Crippen molar-refractivity contribution in [3.8, 4) is 0 Å². The maximum absolute atomic E-state index is 12.9. The molecule has 0 aliphatic rings. The Hall–Kier alpha value is -2.65. The number of rotatable bonds is 5. The second-order valence-corrected chi connectivity index (χ2v) is 7.87. The number of aromatic nitrogens is 2. The van der Waals surface area contributed by atoms with Gasteiger partial charge in [-0.2, -0.15) is 13.2 Å². The van der Waals surface area contributed by atoms with Crippen LogP contribution >= 0.6 is 22.9 Å². The molecule has 0 unspecified atom stereocenters. The smallest absolute Gasteiger partial charge is 0.304 e. The number of benzene rings is 1. The number of hydrogen-bond donors (Lipinski definition) is 1. The number of pyridine rings is 1. The number of amides is 1. The molecule has 1 N–H and O–H groups in total. The van der Waals surface area contributed by atoms with E-state index in [0.29, 0.717) is 28.4 Å². The minimum Gasteiger partial charge on any atom is -0.304 e. The van der Waals surface area contributed by atoms with Crippen LogP contribution in [0.3, 0.4) is 0 Å². The highest BCUT2D eigenvalue weighted by molar-refractivity contribution is 7.15. The molecule has 5 nitrogen and oxygen atoms in total. The number of carbonyl (C=O) groups is 1. The van der Waals surface area contributed by atoms with Crippen molar-refractivity contribution in [3.63, 3.8) is 0 Å². The number of nitrogens with zero attached hydrogens (tertiary/aromatic N) is 2. The van der Waals surface area contributed by atoms with E-state index in [-0.39, 0.29) is 0 Å². The lowest BCUT2D eigenvalue weighted by atomic mass is 10.1. The lowest BCUT2D eigenvalue weighted by Crippen LogP contribution is -2.29. The summed E-state index contributed by atoms with van der Waals surface area (Å²) < 4.78 is 39.3. The Morgan fingerprint density at radius 1 is 1.28 bits per heavy atom. The zero-order valence-corrected chi connectivity index (χ0v) is 16.7. The molecular formula is C19H15ClF3N3O2S. The van der Waals surface area contributed by atoms with Crippen molar-refractivity contribution in [2.75, 3.05) is 5.32 Å². The molecule has 0 spiro atoms. The van der Waals surface area contributed by atoms with Gasteiger partial charge in [-0.15, -0.1) is 11.3 Å². The molecule has 10 heteroatoms. The van der Waals surface area contributed by atoms with Gasteiger partial charge < -0.3 is 9.88 Å². The Balaban J connectivity index is 1.69. The van der Waals surface area contributed by atoms with Crippen LogP contribution in [0.2, 0.25) is 5.02 Å². The van der Waals surface area contributed by atoms with E-state index >= 15 is 0 Å². The van der Waals surface area contributed by atoms with E-state index in [4.69, 9.17) is 11.6 Å². The Kier molecular flexibility index (Phi) is 6.09. The van der Waals surface area contributed by atoms with Crippen LogP contribution in [0.1, 0.15) is 21.6 Å². The van der Waals surface area contributed by atoms with Crippen LogP contribution in [0, 0.1) is 6.92 Å². The average Bonchev–Trinajstić information content (AvgIpc) is 3.06. The predicted molar refractivity (Wildman–Crippen MR) is 105 cm³/mol. The van der Waals surface area contributed by atoms with Crippen LogP contribution in [0.5, 0.6) is 0 Å². The number of anilines is 1. The van der Waals surface area contributed by atoms with Crippen LogP contribution < -0.4 is 10.9 Å². The van der Waals surface area contributed by atoms with E-state index in [1.54, 1.807) is 6.20 Å². The highest BCUT2D eigenvalue weighted by atomic mass is 35.5. The molecule has 3 aromatic rings. The molecule has 1 amide bonds. The molecule has 0 aliphatic carbocycles. The van der Waals surface area contributed by atoms with Crippen molar-refractivity contribution >= 4 is 34.0 Å². The molecule has 0 saturated heterocycles. The minimum absolute atomic E-state index is 0.295. The summed E-state index contributed by atoms with van der Waals surface area (Å²) in [6, 6.07) is 8.53. The van der Waals surface area contributed by atoms with E-state index in [1.807, 2.05) is 31.2 Å². The maximum Gasteiger partial charge on any atom is 0.417 e. The predicted octanol–water partition coefficient (Wildman–Crippen LogP) is 4.51. The molecule has 0 aliphatic heterocycles. The van der Waals surface area contributed by atoms with E-state index in [0.717, 1.165) is 16.0 Å². The Morgan fingerprint density at radius 3 is 2.62 bits per heavy atom. The molecule has 0 fully saturated rings. The van der Waals surface area contributed by atoms with Crippen molar-refractivity contribution < 1.29 is 18.0 Å². The Bertz CT molecular complexity index is 1090. The van der Waals surface area contributed by atoms with Gasteiger partial charge in [-0.3, -0.25) is 9.59 Å². The highest BCUT2D eigenvalue weighted by Gasteiger charge is 2.32. The molecular weight excluding hydrogens is 427 g/mol. The van der Waals surface area contributed by atoms with Crippen molar-refractivity contribution in [1.82, 2.24) is 9.55 Å². The van der Waals surface area contributed by atoms with Crippen molar-refractivity contribution in [2.24, 2.45) is 0 Å². The average molecular weight is 442 g/mol. The third-order valence-electron chi connectivity index (χ3n) is 3.98. The minimum atomic E-state index is -4.68. The Morgan fingerprint density at radius 2 is 1.97 bits per heavy atom. The van der Waals surface area contributed by atoms with Gasteiger partial charge in [-0.25, -0.2) is 4.98 Å². The van der Waals surface area contributed by atoms with Crippen LogP contribution in [0.25, 0.3) is 0 Å². The highest BCUT2D eigenvalue weighted by Crippen LogP contribution is 2.29. The van der Waals surface area contributed by atoms with Gasteiger partial charge in [0, 0.05) is 23.7 Å². The van der Waals surface area contributed by atoms with Crippen LogP contribution in [0.15, 0.2) is 47.5 Å². The summed E-state index contributed by atoms with van der Waals surface area (Å²) in [6.45, 7) is 1.38. The molecule has 3 rings (SSSR count). The number of aryl methyl sites for hydroxylation is 1. The number of hydrogen-bond acceptors (Lipinski definition) is 4. The second kappa shape index (κ2) is 8.38. The quantitative estimate of drug-likeness (QED) is 0.633. The van der Waals surface area contributed by atoms with Crippen LogP contribution in [0.4, 0.5) is 18.3 Å².